The zero-order valence-corrected chi connectivity index (χ0v) is 17.0. The summed E-state index contributed by atoms with van der Waals surface area (Å²) in [5.74, 6) is -0.361. The largest absolute Gasteiger partial charge is 0.463 e. The van der Waals surface area contributed by atoms with E-state index in [-0.39, 0.29) is 10.7 Å². The molecule has 0 N–H and O–H groups in total. The summed E-state index contributed by atoms with van der Waals surface area (Å²) in [6.45, 7) is 4.71. The lowest BCUT2D eigenvalue weighted by atomic mass is 10.1. The number of hydrogen-bond acceptors (Lipinski definition) is 6. The molecule has 0 aliphatic rings. The summed E-state index contributed by atoms with van der Waals surface area (Å²) in [6.07, 6.45) is 7.19. The number of hydrogen-bond donors (Lipinski definition) is 0. The Labute approximate surface area is 162 Å². The molecule has 0 bridgehead atoms. The Hall–Kier alpha value is -1.79. The van der Waals surface area contributed by atoms with Crippen LogP contribution in [0, 0.1) is 0 Å². The minimum atomic E-state index is -0.361. The van der Waals surface area contributed by atoms with Crippen molar-refractivity contribution in [2.45, 2.75) is 30.6 Å². The number of nitrogens with zero attached hydrogens (tertiary/aromatic N) is 1. The molecule has 0 aliphatic carbocycles. The summed E-state index contributed by atoms with van der Waals surface area (Å²) in [4.78, 5) is 26.4. The Morgan fingerprint density at radius 3 is 2.77 bits per heavy atom. The highest BCUT2D eigenvalue weighted by Gasteiger charge is 2.09. The number of anilines is 1. The lowest BCUT2D eigenvalue weighted by Crippen LogP contribution is -2.20. The molecule has 0 aliphatic heterocycles. The molecule has 0 fully saturated rings. The van der Waals surface area contributed by atoms with Gasteiger partial charge in [-0.3, -0.25) is 4.79 Å². The van der Waals surface area contributed by atoms with E-state index in [0.717, 1.165) is 48.0 Å². The van der Waals surface area contributed by atoms with Gasteiger partial charge in [0, 0.05) is 46.4 Å². The topological polar surface area (TPSA) is 46.6 Å². The van der Waals surface area contributed by atoms with Crippen LogP contribution in [0.3, 0.4) is 0 Å². The van der Waals surface area contributed by atoms with Crippen molar-refractivity contribution >= 4 is 44.8 Å². The van der Waals surface area contributed by atoms with Gasteiger partial charge in [-0.1, -0.05) is 30.4 Å². The second-order valence-corrected chi connectivity index (χ2v) is 7.95. The standard InChI is InChI=1S/C20H25NO3S2/c1-4-19(22)24-12-8-6-5-7-11-21(2)17-14-20(23)26-18-13-15(25-3)9-10-16(17)18/h4,9-10,13-14H,1,5-8,11-12H2,2-3H3. The van der Waals surface area contributed by atoms with Gasteiger partial charge in [0.15, 0.2) is 0 Å². The van der Waals surface area contributed by atoms with Crippen LogP contribution in [0.15, 0.2) is 46.6 Å². The number of fused-ring (bicyclic) bond motifs is 1. The lowest BCUT2D eigenvalue weighted by molar-refractivity contribution is -0.137. The van der Waals surface area contributed by atoms with E-state index in [1.54, 1.807) is 17.8 Å². The molecule has 1 aromatic heterocycles. The summed E-state index contributed by atoms with van der Waals surface area (Å²) < 4.78 is 6.09. The fraction of sp³-hybridized carbons (Fsp3) is 0.400. The molecule has 1 heterocycles. The molecule has 0 spiro atoms. The first-order valence-electron chi connectivity index (χ1n) is 8.67. The van der Waals surface area contributed by atoms with Gasteiger partial charge in [-0.15, -0.1) is 11.8 Å². The van der Waals surface area contributed by atoms with Gasteiger partial charge in [0.05, 0.1) is 6.61 Å². The second-order valence-electron chi connectivity index (χ2n) is 6.02. The molecule has 26 heavy (non-hydrogen) atoms. The number of carbonyl (C=O) groups is 1. The normalized spacial score (nSPS) is 10.7. The molecule has 0 amide bonds. The predicted octanol–water partition coefficient (Wildman–Crippen LogP) is 4.71. The Morgan fingerprint density at radius 2 is 2.04 bits per heavy atom. The number of carbonyl (C=O) groups excluding carboxylic acids is 1. The van der Waals surface area contributed by atoms with Crippen LogP contribution in [0.4, 0.5) is 5.69 Å². The third-order valence-electron chi connectivity index (χ3n) is 4.14. The van der Waals surface area contributed by atoms with E-state index in [1.807, 2.05) is 13.3 Å². The third kappa shape index (κ3) is 5.88. The van der Waals surface area contributed by atoms with Crippen LogP contribution < -0.4 is 9.64 Å². The van der Waals surface area contributed by atoms with Crippen LogP contribution in [0.5, 0.6) is 0 Å². The number of esters is 1. The molecular formula is C20H25NO3S2. The van der Waals surface area contributed by atoms with Crippen molar-refractivity contribution in [3.05, 3.63) is 46.5 Å². The average Bonchev–Trinajstić information content (AvgIpc) is 2.65. The molecule has 2 aromatic rings. The number of thioether (sulfide) groups is 1. The maximum atomic E-state index is 12.1. The smallest absolute Gasteiger partial charge is 0.330 e. The van der Waals surface area contributed by atoms with Gasteiger partial charge in [-0.05, 0) is 37.7 Å². The van der Waals surface area contributed by atoms with Gasteiger partial charge in [0.2, 0.25) is 4.74 Å². The van der Waals surface area contributed by atoms with Crippen molar-refractivity contribution in [3.63, 3.8) is 0 Å². The molecule has 0 saturated carbocycles. The summed E-state index contributed by atoms with van der Waals surface area (Å²) in [6, 6.07) is 8.04. The van der Waals surface area contributed by atoms with Crippen LogP contribution in [0.2, 0.25) is 0 Å². The highest BCUT2D eigenvalue weighted by molar-refractivity contribution is 7.98. The molecule has 0 radical (unpaired) electrons. The van der Waals surface area contributed by atoms with E-state index < -0.39 is 0 Å². The van der Waals surface area contributed by atoms with Crippen molar-refractivity contribution in [2.24, 2.45) is 0 Å². The van der Waals surface area contributed by atoms with E-state index in [1.165, 1.54) is 22.3 Å². The maximum absolute atomic E-state index is 12.1. The minimum absolute atomic E-state index is 0.0848. The van der Waals surface area contributed by atoms with Crippen molar-refractivity contribution in [1.82, 2.24) is 0 Å². The minimum Gasteiger partial charge on any atom is -0.463 e. The quantitative estimate of drug-likeness (QED) is 0.254. The summed E-state index contributed by atoms with van der Waals surface area (Å²) in [5.41, 5.74) is 0.997. The molecule has 0 unspecified atom stereocenters. The van der Waals surface area contributed by atoms with Gasteiger partial charge < -0.3 is 9.64 Å². The van der Waals surface area contributed by atoms with Crippen LogP contribution in [0.25, 0.3) is 10.1 Å². The van der Waals surface area contributed by atoms with Gasteiger partial charge in [-0.2, -0.15) is 0 Å². The monoisotopic (exact) mass is 391 g/mol. The van der Waals surface area contributed by atoms with E-state index in [9.17, 15) is 9.59 Å². The van der Waals surface area contributed by atoms with E-state index in [4.69, 9.17) is 4.74 Å². The molecule has 4 nitrogen and oxygen atoms in total. The number of unbranched alkanes of at least 4 members (excludes halogenated alkanes) is 3. The molecule has 1 aromatic carbocycles. The van der Waals surface area contributed by atoms with Crippen LogP contribution in [-0.2, 0) is 9.53 Å². The summed E-state index contributed by atoms with van der Waals surface area (Å²) in [5, 5.41) is 1.13. The molecule has 2 rings (SSSR count). The van der Waals surface area contributed by atoms with E-state index in [0.29, 0.717) is 6.61 Å². The SMILES string of the molecule is C=CC(=O)OCCCCCCN(C)c1cc(=O)sc2cc(SC)ccc12. The third-order valence-corrected chi connectivity index (χ3v) is 5.74. The molecule has 0 atom stereocenters. The van der Waals surface area contributed by atoms with E-state index >= 15 is 0 Å². The van der Waals surface area contributed by atoms with Crippen LogP contribution in [-0.4, -0.2) is 32.4 Å². The maximum Gasteiger partial charge on any atom is 0.330 e. The zero-order chi connectivity index (χ0) is 18.9. The molecular weight excluding hydrogens is 366 g/mol. The predicted molar refractivity (Wildman–Crippen MR) is 113 cm³/mol. The summed E-state index contributed by atoms with van der Waals surface area (Å²) in [7, 11) is 2.03. The highest BCUT2D eigenvalue weighted by atomic mass is 32.2. The Bertz CT molecular complexity index is 816. The van der Waals surface area contributed by atoms with Gasteiger partial charge >= 0.3 is 5.97 Å². The van der Waals surface area contributed by atoms with Crippen molar-refractivity contribution in [1.29, 1.82) is 0 Å². The van der Waals surface area contributed by atoms with Crippen LogP contribution >= 0.6 is 23.1 Å². The van der Waals surface area contributed by atoms with Gasteiger partial charge in [-0.25, -0.2) is 4.79 Å². The van der Waals surface area contributed by atoms with Crippen molar-refractivity contribution in [2.75, 3.05) is 31.4 Å². The Balaban J connectivity index is 1.89. The number of ether oxygens (including phenoxy) is 1. The van der Waals surface area contributed by atoms with Crippen LogP contribution in [0.1, 0.15) is 25.7 Å². The molecule has 0 saturated heterocycles. The fourth-order valence-electron chi connectivity index (χ4n) is 2.73. The first-order valence-corrected chi connectivity index (χ1v) is 10.7. The van der Waals surface area contributed by atoms with E-state index in [2.05, 4.69) is 29.7 Å². The average molecular weight is 392 g/mol. The van der Waals surface area contributed by atoms with Crippen molar-refractivity contribution in [3.8, 4) is 0 Å². The highest BCUT2D eigenvalue weighted by Crippen LogP contribution is 2.30. The first kappa shape index (κ1) is 20.5. The second kappa shape index (κ2) is 10.4. The first-order chi connectivity index (χ1) is 12.5. The lowest BCUT2D eigenvalue weighted by Gasteiger charge is -2.21. The fourth-order valence-corrected chi connectivity index (χ4v) is 4.10. The molecule has 6 heteroatoms. The Morgan fingerprint density at radius 1 is 1.27 bits per heavy atom. The van der Waals surface area contributed by atoms with Gasteiger partial charge in [0.1, 0.15) is 0 Å². The van der Waals surface area contributed by atoms with Crippen molar-refractivity contribution < 1.29 is 9.53 Å². The van der Waals surface area contributed by atoms with Gasteiger partial charge in [0.25, 0.3) is 0 Å². The number of rotatable bonds is 10. The Kier molecular flexibility index (Phi) is 8.19. The summed E-state index contributed by atoms with van der Waals surface area (Å²) >= 11 is 2.98. The zero-order valence-electron chi connectivity index (χ0n) is 15.3. The number of benzene rings is 1. The molecule has 140 valence electrons.